The highest BCUT2D eigenvalue weighted by Crippen LogP contribution is 2.28. The van der Waals surface area contributed by atoms with Crippen LogP contribution in [0.4, 0.5) is 4.39 Å². The van der Waals surface area contributed by atoms with Gasteiger partial charge in [-0.15, -0.1) is 0 Å². The first-order valence-corrected chi connectivity index (χ1v) is 6.30. The van der Waals surface area contributed by atoms with Crippen molar-refractivity contribution in [3.05, 3.63) is 60.0 Å². The molecule has 0 bridgehead atoms. The highest BCUT2D eigenvalue weighted by Gasteiger charge is 2.10. The zero-order valence-electron chi connectivity index (χ0n) is 11.0. The number of fused-ring (bicyclic) bond motifs is 1. The van der Waals surface area contributed by atoms with Crippen LogP contribution in [-0.2, 0) is 6.61 Å². The molecule has 0 atom stereocenters. The highest BCUT2D eigenvalue weighted by molar-refractivity contribution is 5.83. The number of aromatic amines is 1. The third-order valence-corrected chi connectivity index (χ3v) is 3.19. The number of ether oxygens (including phenoxy) is 2. The molecule has 1 N–H and O–H groups in total. The van der Waals surface area contributed by atoms with E-state index in [2.05, 4.69) is 4.98 Å². The molecule has 102 valence electrons. The van der Waals surface area contributed by atoms with Crippen molar-refractivity contribution in [1.82, 2.24) is 4.98 Å². The van der Waals surface area contributed by atoms with E-state index in [1.165, 1.54) is 6.07 Å². The first-order valence-electron chi connectivity index (χ1n) is 6.30. The van der Waals surface area contributed by atoms with Gasteiger partial charge in [-0.25, -0.2) is 4.39 Å². The number of benzene rings is 2. The SMILES string of the molecule is COc1ccccc1OCc1c[nH]c2cccc(F)c12. The summed E-state index contributed by atoms with van der Waals surface area (Å²) in [6, 6.07) is 12.4. The monoisotopic (exact) mass is 271 g/mol. The molecule has 1 heterocycles. The van der Waals surface area contributed by atoms with E-state index >= 15 is 0 Å². The van der Waals surface area contributed by atoms with Gasteiger partial charge in [0.05, 0.1) is 7.11 Å². The van der Waals surface area contributed by atoms with Crippen LogP contribution >= 0.6 is 0 Å². The van der Waals surface area contributed by atoms with Gasteiger partial charge in [-0.2, -0.15) is 0 Å². The minimum Gasteiger partial charge on any atom is -0.493 e. The molecule has 3 nitrogen and oxygen atoms in total. The first kappa shape index (κ1) is 12.5. The van der Waals surface area contributed by atoms with Gasteiger partial charge < -0.3 is 14.5 Å². The smallest absolute Gasteiger partial charge is 0.161 e. The van der Waals surface area contributed by atoms with Crippen LogP contribution in [0.25, 0.3) is 10.9 Å². The maximum absolute atomic E-state index is 13.9. The molecule has 0 aliphatic carbocycles. The van der Waals surface area contributed by atoms with E-state index in [4.69, 9.17) is 9.47 Å². The zero-order chi connectivity index (χ0) is 13.9. The Morgan fingerprint density at radius 2 is 1.85 bits per heavy atom. The van der Waals surface area contributed by atoms with Gasteiger partial charge in [-0.1, -0.05) is 18.2 Å². The summed E-state index contributed by atoms with van der Waals surface area (Å²) in [7, 11) is 1.59. The Balaban J connectivity index is 1.87. The molecule has 0 spiro atoms. The lowest BCUT2D eigenvalue weighted by Crippen LogP contribution is -1.97. The fraction of sp³-hybridized carbons (Fsp3) is 0.125. The van der Waals surface area contributed by atoms with Crippen molar-refractivity contribution in [2.75, 3.05) is 7.11 Å². The van der Waals surface area contributed by atoms with Gasteiger partial charge in [0, 0.05) is 22.7 Å². The molecule has 0 unspecified atom stereocenters. The second kappa shape index (κ2) is 5.25. The summed E-state index contributed by atoms with van der Waals surface area (Å²) in [5.41, 5.74) is 1.55. The average Bonchev–Trinajstić information content (AvgIpc) is 2.90. The van der Waals surface area contributed by atoms with E-state index in [0.29, 0.717) is 16.9 Å². The van der Waals surface area contributed by atoms with Crippen LogP contribution in [0.2, 0.25) is 0 Å². The van der Waals surface area contributed by atoms with Crippen molar-refractivity contribution in [2.45, 2.75) is 6.61 Å². The largest absolute Gasteiger partial charge is 0.493 e. The van der Waals surface area contributed by atoms with Crippen LogP contribution in [0.15, 0.2) is 48.7 Å². The second-order valence-corrected chi connectivity index (χ2v) is 4.42. The molecule has 0 aliphatic rings. The minimum atomic E-state index is -0.248. The Labute approximate surface area is 116 Å². The Morgan fingerprint density at radius 1 is 1.05 bits per heavy atom. The summed E-state index contributed by atoms with van der Waals surface area (Å²) in [4.78, 5) is 3.04. The number of hydrogen-bond donors (Lipinski definition) is 1. The van der Waals surface area contributed by atoms with Gasteiger partial charge in [-0.3, -0.25) is 0 Å². The fourth-order valence-corrected chi connectivity index (χ4v) is 2.22. The number of methoxy groups -OCH3 is 1. The summed E-state index contributed by atoms with van der Waals surface area (Å²) < 4.78 is 24.8. The van der Waals surface area contributed by atoms with Crippen molar-refractivity contribution in [3.63, 3.8) is 0 Å². The van der Waals surface area contributed by atoms with Crippen LogP contribution in [0, 0.1) is 5.82 Å². The van der Waals surface area contributed by atoms with Crippen molar-refractivity contribution < 1.29 is 13.9 Å². The summed E-state index contributed by atoms with van der Waals surface area (Å²) in [6.45, 7) is 0.279. The van der Waals surface area contributed by atoms with E-state index in [1.54, 1.807) is 19.4 Å². The molecule has 0 aliphatic heterocycles. The Morgan fingerprint density at radius 3 is 2.65 bits per heavy atom. The van der Waals surface area contributed by atoms with Gasteiger partial charge >= 0.3 is 0 Å². The highest BCUT2D eigenvalue weighted by atomic mass is 19.1. The quantitative estimate of drug-likeness (QED) is 0.781. The topological polar surface area (TPSA) is 34.2 Å². The lowest BCUT2D eigenvalue weighted by Gasteiger charge is -2.09. The van der Waals surface area contributed by atoms with Gasteiger partial charge in [-0.05, 0) is 24.3 Å². The van der Waals surface area contributed by atoms with Crippen LogP contribution in [0.3, 0.4) is 0 Å². The molecule has 0 saturated carbocycles. The summed E-state index contributed by atoms with van der Waals surface area (Å²) in [5, 5.41) is 0.572. The number of H-pyrrole nitrogens is 1. The molecule has 3 aromatic rings. The molecule has 2 aromatic carbocycles. The molecule has 3 rings (SSSR count). The Kier molecular flexibility index (Phi) is 3.29. The van der Waals surface area contributed by atoms with Crippen molar-refractivity contribution in [3.8, 4) is 11.5 Å². The third-order valence-electron chi connectivity index (χ3n) is 3.19. The van der Waals surface area contributed by atoms with Crippen LogP contribution in [-0.4, -0.2) is 12.1 Å². The third kappa shape index (κ3) is 2.20. The van der Waals surface area contributed by atoms with Crippen molar-refractivity contribution >= 4 is 10.9 Å². The average molecular weight is 271 g/mol. The molecular weight excluding hydrogens is 257 g/mol. The predicted octanol–water partition coefficient (Wildman–Crippen LogP) is 3.89. The van der Waals surface area contributed by atoms with E-state index in [1.807, 2.05) is 30.3 Å². The molecule has 20 heavy (non-hydrogen) atoms. The lowest BCUT2D eigenvalue weighted by atomic mass is 10.2. The van der Waals surface area contributed by atoms with Crippen LogP contribution in [0.5, 0.6) is 11.5 Å². The first-order chi connectivity index (χ1) is 9.79. The Hall–Kier alpha value is -2.49. The van der Waals surface area contributed by atoms with E-state index < -0.39 is 0 Å². The van der Waals surface area contributed by atoms with Gasteiger partial charge in [0.1, 0.15) is 12.4 Å². The molecule has 0 saturated heterocycles. The predicted molar refractivity (Wildman–Crippen MR) is 75.6 cm³/mol. The summed E-state index contributed by atoms with van der Waals surface area (Å²) >= 11 is 0. The molecule has 1 aromatic heterocycles. The van der Waals surface area contributed by atoms with Gasteiger partial charge in [0.25, 0.3) is 0 Å². The normalized spacial score (nSPS) is 10.7. The minimum absolute atomic E-state index is 0.248. The Bertz CT molecular complexity index is 736. The van der Waals surface area contributed by atoms with E-state index in [0.717, 1.165) is 11.1 Å². The maximum Gasteiger partial charge on any atom is 0.161 e. The number of para-hydroxylation sites is 2. The van der Waals surface area contributed by atoms with E-state index in [9.17, 15) is 4.39 Å². The van der Waals surface area contributed by atoms with E-state index in [-0.39, 0.29) is 12.4 Å². The second-order valence-electron chi connectivity index (χ2n) is 4.42. The number of aromatic nitrogens is 1. The maximum atomic E-state index is 13.9. The fourth-order valence-electron chi connectivity index (χ4n) is 2.22. The standard InChI is InChI=1S/C16H14FNO2/c1-19-14-7-2-3-8-15(14)20-10-11-9-18-13-6-4-5-12(17)16(11)13/h2-9,18H,10H2,1H3. The number of hydrogen-bond acceptors (Lipinski definition) is 2. The molecular formula is C16H14FNO2. The molecule has 0 amide bonds. The molecule has 0 fully saturated rings. The zero-order valence-corrected chi connectivity index (χ0v) is 11.0. The summed E-state index contributed by atoms with van der Waals surface area (Å²) in [6.07, 6.45) is 1.77. The van der Waals surface area contributed by atoms with Crippen molar-refractivity contribution in [1.29, 1.82) is 0 Å². The van der Waals surface area contributed by atoms with Crippen molar-refractivity contribution in [2.24, 2.45) is 0 Å². The number of rotatable bonds is 4. The molecule has 0 radical (unpaired) electrons. The number of nitrogens with one attached hydrogen (secondary N) is 1. The van der Waals surface area contributed by atoms with Crippen LogP contribution < -0.4 is 9.47 Å². The summed E-state index contributed by atoms with van der Waals surface area (Å²) in [5.74, 6) is 1.05. The number of halogens is 1. The lowest BCUT2D eigenvalue weighted by molar-refractivity contribution is 0.285. The van der Waals surface area contributed by atoms with Crippen LogP contribution in [0.1, 0.15) is 5.56 Å². The van der Waals surface area contributed by atoms with Gasteiger partial charge in [0.15, 0.2) is 11.5 Å². The van der Waals surface area contributed by atoms with Gasteiger partial charge in [0.2, 0.25) is 0 Å². The molecule has 4 heteroatoms.